The zero-order valence-electron chi connectivity index (χ0n) is 30.8. The van der Waals surface area contributed by atoms with Crippen molar-refractivity contribution in [1.82, 2.24) is 0 Å². The van der Waals surface area contributed by atoms with E-state index in [4.69, 9.17) is 0 Å². The summed E-state index contributed by atoms with van der Waals surface area (Å²) in [5, 5.41) is 0. The molecule has 53 heavy (non-hydrogen) atoms. The smallest absolute Gasteiger partial charge is 0.0462 e. The lowest BCUT2D eigenvalue weighted by atomic mass is 9.75. The molecule has 0 spiro atoms. The molecule has 0 saturated heterocycles. The van der Waals surface area contributed by atoms with Gasteiger partial charge >= 0.3 is 0 Å². The van der Waals surface area contributed by atoms with Gasteiger partial charge in [-0.2, -0.15) is 0 Å². The normalized spacial score (nSPS) is 14.9. The molecular formula is C52H43N. The van der Waals surface area contributed by atoms with Gasteiger partial charge in [-0.05, 0) is 109 Å². The summed E-state index contributed by atoms with van der Waals surface area (Å²) in [6.45, 7) is 9.58. The van der Waals surface area contributed by atoms with E-state index in [1.807, 2.05) is 0 Å². The Morgan fingerprint density at radius 2 is 0.755 bits per heavy atom. The van der Waals surface area contributed by atoms with Crippen LogP contribution in [0.1, 0.15) is 61.1 Å². The Labute approximate surface area is 314 Å². The second kappa shape index (κ2) is 12.8. The van der Waals surface area contributed by atoms with Crippen LogP contribution in [0.2, 0.25) is 0 Å². The zero-order valence-corrected chi connectivity index (χ0v) is 30.8. The van der Waals surface area contributed by atoms with E-state index < -0.39 is 0 Å². The van der Waals surface area contributed by atoms with E-state index in [-0.39, 0.29) is 10.8 Å². The van der Waals surface area contributed by atoms with E-state index in [0.29, 0.717) is 0 Å². The Morgan fingerprint density at radius 3 is 1.32 bits per heavy atom. The second-order valence-electron chi connectivity index (χ2n) is 15.4. The summed E-state index contributed by atoms with van der Waals surface area (Å²) in [6, 6.07) is 63.8. The molecule has 0 atom stereocenters. The third-order valence-electron chi connectivity index (χ3n) is 11.4. The molecule has 0 amide bonds. The number of nitrogens with zero attached hydrogens (tertiary/aromatic N) is 1. The molecule has 2 aliphatic rings. The van der Waals surface area contributed by atoms with Gasteiger partial charge in [0.05, 0.1) is 0 Å². The molecule has 0 bridgehead atoms. The standard InChI is InChI=1S/C52H43N/c1-51(2)47-18-12-11-17-45(47)49-50(51)46-34-31-41(35-48(46)52(49,3)4)40-29-27-39(28-30-40)38-25-21-36(22-26-38)19-20-37-23-32-44(33-24-37)53(42-13-7-5-8-14-42)43-15-9-6-10-16-43/h5-35H,1-4H3. The summed E-state index contributed by atoms with van der Waals surface area (Å²) in [4.78, 5) is 2.29. The van der Waals surface area contributed by atoms with Gasteiger partial charge in [-0.15, -0.1) is 0 Å². The predicted octanol–water partition coefficient (Wildman–Crippen LogP) is 14.2. The first-order valence-electron chi connectivity index (χ1n) is 18.7. The quantitative estimate of drug-likeness (QED) is 0.151. The van der Waals surface area contributed by atoms with Gasteiger partial charge in [-0.3, -0.25) is 0 Å². The van der Waals surface area contributed by atoms with Crippen LogP contribution in [0.5, 0.6) is 0 Å². The number of benzene rings is 7. The fourth-order valence-electron chi connectivity index (χ4n) is 8.71. The van der Waals surface area contributed by atoms with E-state index in [1.54, 1.807) is 0 Å². The highest BCUT2D eigenvalue weighted by Gasteiger charge is 2.49. The maximum absolute atomic E-state index is 2.44. The van der Waals surface area contributed by atoms with Crippen LogP contribution in [0.4, 0.5) is 17.1 Å². The molecule has 0 N–H and O–H groups in total. The van der Waals surface area contributed by atoms with Gasteiger partial charge in [-0.1, -0.05) is 173 Å². The minimum absolute atomic E-state index is 0.00248. The lowest BCUT2D eigenvalue weighted by Gasteiger charge is -2.28. The number of anilines is 3. The fourth-order valence-corrected chi connectivity index (χ4v) is 8.71. The third kappa shape index (κ3) is 5.65. The fraction of sp³-hybridized carbons (Fsp3) is 0.115. The van der Waals surface area contributed by atoms with Crippen LogP contribution in [-0.2, 0) is 10.8 Å². The molecule has 2 aliphatic carbocycles. The van der Waals surface area contributed by atoms with Crippen molar-refractivity contribution >= 4 is 40.4 Å². The number of allylic oxidation sites excluding steroid dienone is 2. The van der Waals surface area contributed by atoms with Crippen LogP contribution < -0.4 is 4.90 Å². The maximum Gasteiger partial charge on any atom is 0.0462 e. The second-order valence-corrected chi connectivity index (χ2v) is 15.4. The molecule has 0 unspecified atom stereocenters. The lowest BCUT2D eigenvalue weighted by Crippen LogP contribution is -2.19. The van der Waals surface area contributed by atoms with Crippen molar-refractivity contribution in [2.45, 2.75) is 38.5 Å². The van der Waals surface area contributed by atoms with Gasteiger partial charge < -0.3 is 4.90 Å². The molecule has 7 aromatic carbocycles. The largest absolute Gasteiger partial charge is 0.311 e. The van der Waals surface area contributed by atoms with Crippen LogP contribution in [0.25, 0.3) is 45.6 Å². The van der Waals surface area contributed by atoms with Crippen molar-refractivity contribution in [1.29, 1.82) is 0 Å². The van der Waals surface area contributed by atoms with Gasteiger partial charge in [0.25, 0.3) is 0 Å². The molecule has 7 aromatic rings. The molecule has 1 heteroatoms. The highest BCUT2D eigenvalue weighted by Crippen LogP contribution is 2.62. The summed E-state index contributed by atoms with van der Waals surface area (Å²) >= 11 is 0. The van der Waals surface area contributed by atoms with Gasteiger partial charge in [0.1, 0.15) is 0 Å². The van der Waals surface area contributed by atoms with Gasteiger partial charge in [0.15, 0.2) is 0 Å². The van der Waals surface area contributed by atoms with Gasteiger partial charge in [0.2, 0.25) is 0 Å². The first kappa shape index (κ1) is 32.7. The van der Waals surface area contributed by atoms with Crippen molar-refractivity contribution in [2.75, 3.05) is 4.90 Å². The molecule has 1 nitrogen and oxygen atoms in total. The topological polar surface area (TPSA) is 3.24 Å². The Hall–Kier alpha value is -6.18. The Morgan fingerprint density at radius 1 is 0.358 bits per heavy atom. The summed E-state index contributed by atoms with van der Waals surface area (Å²) < 4.78 is 0. The molecule has 0 aliphatic heterocycles. The Bertz CT molecular complexity index is 2460. The average Bonchev–Trinajstić information content (AvgIpc) is 3.60. The summed E-state index contributed by atoms with van der Waals surface area (Å²) in [5.41, 5.74) is 19.4. The SMILES string of the molecule is CC1(C)C2=C(c3ccccc31)C(C)(C)c1cc(-c3ccc(-c4ccc(C=Cc5ccc(N(c6ccccc6)c6ccccc6)cc5)cc4)cc3)ccc12. The van der Waals surface area contributed by atoms with Gasteiger partial charge in [0, 0.05) is 27.9 Å². The van der Waals surface area contributed by atoms with Crippen LogP contribution in [0, 0.1) is 0 Å². The van der Waals surface area contributed by atoms with E-state index in [9.17, 15) is 0 Å². The van der Waals surface area contributed by atoms with Crippen LogP contribution >= 0.6 is 0 Å². The van der Waals surface area contributed by atoms with E-state index in [0.717, 1.165) is 17.1 Å². The van der Waals surface area contributed by atoms with E-state index in [2.05, 4.69) is 221 Å². The van der Waals surface area contributed by atoms with Crippen molar-refractivity contribution in [3.8, 4) is 22.3 Å². The number of hydrogen-bond acceptors (Lipinski definition) is 1. The van der Waals surface area contributed by atoms with Crippen molar-refractivity contribution in [3.63, 3.8) is 0 Å². The monoisotopic (exact) mass is 681 g/mol. The molecule has 0 radical (unpaired) electrons. The first-order valence-corrected chi connectivity index (χ1v) is 18.7. The highest BCUT2D eigenvalue weighted by atomic mass is 15.1. The predicted molar refractivity (Wildman–Crippen MR) is 227 cm³/mol. The zero-order chi connectivity index (χ0) is 36.2. The number of hydrogen-bond donors (Lipinski definition) is 0. The summed E-state index contributed by atoms with van der Waals surface area (Å²) in [6.07, 6.45) is 4.37. The van der Waals surface area contributed by atoms with Crippen LogP contribution in [-0.4, -0.2) is 0 Å². The van der Waals surface area contributed by atoms with Crippen molar-refractivity contribution < 1.29 is 0 Å². The Kier molecular flexibility index (Phi) is 7.90. The van der Waals surface area contributed by atoms with Crippen LogP contribution in [0.3, 0.4) is 0 Å². The van der Waals surface area contributed by atoms with Gasteiger partial charge in [-0.25, -0.2) is 0 Å². The molecule has 9 rings (SSSR count). The van der Waals surface area contributed by atoms with Crippen molar-refractivity contribution in [2.24, 2.45) is 0 Å². The lowest BCUT2D eigenvalue weighted by molar-refractivity contribution is 0.694. The number of rotatable bonds is 7. The maximum atomic E-state index is 2.44. The molecule has 0 aromatic heterocycles. The van der Waals surface area contributed by atoms with Crippen LogP contribution in [0.15, 0.2) is 176 Å². The molecular weight excluding hydrogens is 639 g/mol. The number of para-hydroxylation sites is 2. The first-order chi connectivity index (χ1) is 25.8. The minimum atomic E-state index is -0.0456. The highest BCUT2D eigenvalue weighted by molar-refractivity contribution is 6.09. The van der Waals surface area contributed by atoms with Crippen molar-refractivity contribution in [3.05, 3.63) is 209 Å². The van der Waals surface area contributed by atoms with E-state index in [1.165, 1.54) is 66.8 Å². The summed E-state index contributed by atoms with van der Waals surface area (Å²) in [7, 11) is 0. The molecule has 256 valence electrons. The summed E-state index contributed by atoms with van der Waals surface area (Å²) in [5.74, 6) is 0. The Balaban J connectivity index is 0.903. The molecule has 0 heterocycles. The average molecular weight is 682 g/mol. The van der Waals surface area contributed by atoms with E-state index >= 15 is 0 Å². The molecule has 0 saturated carbocycles. The minimum Gasteiger partial charge on any atom is -0.311 e. The third-order valence-corrected chi connectivity index (χ3v) is 11.4. The number of fused-ring (bicyclic) bond motifs is 4. The molecule has 0 fully saturated rings.